The van der Waals surface area contributed by atoms with E-state index in [1.807, 2.05) is 85.8 Å². The molecular formula is C26H27IN2O3. The molecule has 0 aliphatic carbocycles. The molecule has 0 saturated carbocycles. The van der Waals surface area contributed by atoms with E-state index in [0.29, 0.717) is 18.7 Å². The predicted molar refractivity (Wildman–Crippen MR) is 134 cm³/mol. The molecule has 0 heterocycles. The molecule has 166 valence electrons. The van der Waals surface area contributed by atoms with Gasteiger partial charge in [0.1, 0.15) is 11.8 Å². The van der Waals surface area contributed by atoms with Gasteiger partial charge in [-0.15, -0.1) is 0 Å². The zero-order valence-electron chi connectivity index (χ0n) is 18.3. The molecule has 3 aromatic rings. The molecule has 0 fully saturated rings. The first-order valence-corrected chi connectivity index (χ1v) is 11.5. The largest absolute Gasteiger partial charge is 0.484 e. The zero-order valence-corrected chi connectivity index (χ0v) is 20.4. The SMILES string of the molecule is CNC(=O)C(Cc1ccccc1)N(Cc1ccc(C)cc1)C(=O)COc1ccc(I)cc1. The molecule has 32 heavy (non-hydrogen) atoms. The number of nitrogens with one attached hydrogen (secondary N) is 1. The third-order valence-corrected chi connectivity index (χ3v) is 5.89. The maximum Gasteiger partial charge on any atom is 0.261 e. The summed E-state index contributed by atoms with van der Waals surface area (Å²) in [6.07, 6.45) is 0.418. The molecule has 0 aliphatic rings. The Hall–Kier alpha value is -2.87. The van der Waals surface area contributed by atoms with E-state index in [1.165, 1.54) is 0 Å². The molecule has 5 nitrogen and oxygen atoms in total. The number of nitrogens with zero attached hydrogens (tertiary/aromatic N) is 1. The minimum Gasteiger partial charge on any atom is -0.484 e. The molecule has 0 aromatic heterocycles. The molecule has 2 amide bonds. The van der Waals surface area contributed by atoms with Gasteiger partial charge in [0.05, 0.1) is 0 Å². The lowest BCUT2D eigenvalue weighted by atomic mass is 10.0. The lowest BCUT2D eigenvalue weighted by Gasteiger charge is -2.31. The van der Waals surface area contributed by atoms with Crippen LogP contribution in [0.1, 0.15) is 16.7 Å². The molecule has 0 saturated heterocycles. The number of aryl methyl sites for hydroxylation is 1. The smallest absolute Gasteiger partial charge is 0.261 e. The van der Waals surface area contributed by atoms with Crippen LogP contribution in [0.2, 0.25) is 0 Å². The van der Waals surface area contributed by atoms with Crippen molar-refractivity contribution in [1.29, 1.82) is 0 Å². The molecule has 0 aliphatic heterocycles. The first-order chi connectivity index (χ1) is 15.5. The average Bonchev–Trinajstić information content (AvgIpc) is 2.82. The van der Waals surface area contributed by atoms with Gasteiger partial charge >= 0.3 is 0 Å². The summed E-state index contributed by atoms with van der Waals surface area (Å²) in [6.45, 7) is 2.19. The molecule has 3 aromatic carbocycles. The Morgan fingerprint density at radius 3 is 2.22 bits per heavy atom. The molecule has 6 heteroatoms. The number of carbonyl (C=O) groups excluding carboxylic acids is 2. The van der Waals surface area contributed by atoms with Crippen LogP contribution >= 0.6 is 22.6 Å². The van der Waals surface area contributed by atoms with Crippen LogP contribution in [0, 0.1) is 10.5 Å². The van der Waals surface area contributed by atoms with Gasteiger partial charge in [0.2, 0.25) is 5.91 Å². The summed E-state index contributed by atoms with van der Waals surface area (Å²) >= 11 is 2.22. The number of hydrogen-bond donors (Lipinski definition) is 1. The van der Waals surface area contributed by atoms with Crippen LogP contribution in [-0.2, 0) is 22.6 Å². The summed E-state index contributed by atoms with van der Waals surface area (Å²) in [4.78, 5) is 27.8. The summed E-state index contributed by atoms with van der Waals surface area (Å²) in [5.41, 5.74) is 3.09. The highest BCUT2D eigenvalue weighted by Crippen LogP contribution is 2.17. The van der Waals surface area contributed by atoms with Gasteiger partial charge in [-0.1, -0.05) is 60.2 Å². The van der Waals surface area contributed by atoms with Crippen molar-refractivity contribution in [3.8, 4) is 5.75 Å². The van der Waals surface area contributed by atoms with E-state index in [-0.39, 0.29) is 18.4 Å². The summed E-state index contributed by atoms with van der Waals surface area (Å²) in [5.74, 6) is 0.172. The fourth-order valence-corrected chi connectivity index (χ4v) is 3.73. The Morgan fingerprint density at radius 2 is 1.59 bits per heavy atom. The molecule has 0 spiro atoms. The van der Waals surface area contributed by atoms with Crippen molar-refractivity contribution in [2.24, 2.45) is 0 Å². The van der Waals surface area contributed by atoms with Crippen molar-refractivity contribution in [1.82, 2.24) is 10.2 Å². The standard InChI is InChI=1S/C26H27IN2O3/c1-19-8-10-21(11-9-19)17-29(25(30)18-32-23-14-12-22(27)13-15-23)24(26(31)28-2)16-20-6-4-3-5-7-20/h3-15,24H,16-18H2,1-2H3,(H,28,31). The number of carbonyl (C=O) groups is 2. The van der Waals surface area contributed by atoms with Gasteiger partial charge in [-0.3, -0.25) is 9.59 Å². The van der Waals surface area contributed by atoms with Crippen molar-refractivity contribution >= 4 is 34.4 Å². The van der Waals surface area contributed by atoms with Crippen molar-refractivity contribution < 1.29 is 14.3 Å². The van der Waals surface area contributed by atoms with Gasteiger partial charge in [-0.25, -0.2) is 0 Å². The molecule has 1 atom stereocenters. The van der Waals surface area contributed by atoms with Gasteiger partial charge in [-0.2, -0.15) is 0 Å². The Bertz CT molecular complexity index is 1020. The first-order valence-electron chi connectivity index (χ1n) is 10.4. The number of amides is 2. The molecule has 3 rings (SSSR count). The maximum absolute atomic E-state index is 13.3. The van der Waals surface area contributed by atoms with Crippen molar-refractivity contribution in [2.75, 3.05) is 13.7 Å². The van der Waals surface area contributed by atoms with Crippen LogP contribution in [0.4, 0.5) is 0 Å². The molecule has 1 unspecified atom stereocenters. The Kier molecular flexibility index (Phi) is 8.67. The number of halogens is 1. The van der Waals surface area contributed by atoms with E-state index in [4.69, 9.17) is 4.74 Å². The number of hydrogen-bond acceptors (Lipinski definition) is 3. The minimum atomic E-state index is -0.656. The van der Waals surface area contributed by atoms with E-state index in [9.17, 15) is 9.59 Å². The highest BCUT2D eigenvalue weighted by atomic mass is 127. The van der Waals surface area contributed by atoms with Crippen LogP contribution in [0.15, 0.2) is 78.9 Å². The molecule has 0 radical (unpaired) electrons. The van der Waals surface area contributed by atoms with Gasteiger partial charge in [0.25, 0.3) is 5.91 Å². The van der Waals surface area contributed by atoms with Crippen molar-refractivity contribution in [3.05, 3.63) is 99.1 Å². The Labute approximate surface area is 202 Å². The lowest BCUT2D eigenvalue weighted by Crippen LogP contribution is -2.51. The minimum absolute atomic E-state index is 0.144. The monoisotopic (exact) mass is 542 g/mol. The van der Waals surface area contributed by atoms with Gasteiger partial charge < -0.3 is 15.0 Å². The van der Waals surface area contributed by atoms with Crippen LogP contribution in [0.25, 0.3) is 0 Å². The number of ether oxygens (including phenoxy) is 1. The van der Waals surface area contributed by atoms with E-state index in [2.05, 4.69) is 27.9 Å². The predicted octanol–water partition coefficient (Wildman–Crippen LogP) is 4.36. The zero-order chi connectivity index (χ0) is 22.9. The van der Waals surface area contributed by atoms with Crippen LogP contribution in [0.5, 0.6) is 5.75 Å². The van der Waals surface area contributed by atoms with E-state index >= 15 is 0 Å². The number of likely N-dealkylation sites (N-methyl/N-ethyl adjacent to an activating group) is 1. The third-order valence-electron chi connectivity index (χ3n) is 5.17. The van der Waals surface area contributed by atoms with E-state index in [0.717, 1.165) is 20.3 Å². The Balaban J connectivity index is 1.85. The quantitative estimate of drug-likeness (QED) is 0.409. The first kappa shape index (κ1) is 23.8. The topological polar surface area (TPSA) is 58.6 Å². The fourth-order valence-electron chi connectivity index (χ4n) is 3.37. The van der Waals surface area contributed by atoms with Crippen LogP contribution in [0.3, 0.4) is 0 Å². The second kappa shape index (κ2) is 11.7. The molecule has 1 N–H and O–H groups in total. The maximum atomic E-state index is 13.3. The van der Waals surface area contributed by atoms with Gasteiger partial charge in [-0.05, 0) is 64.9 Å². The molecule has 0 bridgehead atoms. The second-order valence-electron chi connectivity index (χ2n) is 7.57. The number of benzene rings is 3. The van der Waals surface area contributed by atoms with Crippen LogP contribution in [-0.4, -0.2) is 36.4 Å². The summed E-state index contributed by atoms with van der Waals surface area (Å²) in [7, 11) is 1.59. The van der Waals surface area contributed by atoms with E-state index in [1.54, 1.807) is 11.9 Å². The normalized spacial score (nSPS) is 11.5. The summed E-state index contributed by atoms with van der Waals surface area (Å²) in [6, 6.07) is 24.6. The summed E-state index contributed by atoms with van der Waals surface area (Å²) < 4.78 is 6.84. The fraction of sp³-hybridized carbons (Fsp3) is 0.231. The molecular weight excluding hydrogens is 515 g/mol. The third kappa shape index (κ3) is 6.82. The van der Waals surface area contributed by atoms with Gasteiger partial charge in [0.15, 0.2) is 6.61 Å². The highest BCUT2D eigenvalue weighted by molar-refractivity contribution is 14.1. The Morgan fingerprint density at radius 1 is 0.938 bits per heavy atom. The second-order valence-corrected chi connectivity index (χ2v) is 8.82. The van der Waals surface area contributed by atoms with Crippen LogP contribution < -0.4 is 10.1 Å². The average molecular weight is 542 g/mol. The van der Waals surface area contributed by atoms with Crippen molar-refractivity contribution in [2.45, 2.75) is 25.9 Å². The number of rotatable bonds is 9. The summed E-state index contributed by atoms with van der Waals surface area (Å²) in [5, 5.41) is 2.72. The lowest BCUT2D eigenvalue weighted by molar-refractivity contribution is -0.142. The van der Waals surface area contributed by atoms with Crippen molar-refractivity contribution in [3.63, 3.8) is 0 Å². The van der Waals surface area contributed by atoms with Gasteiger partial charge in [0, 0.05) is 23.6 Å². The highest BCUT2D eigenvalue weighted by Gasteiger charge is 2.30. The van der Waals surface area contributed by atoms with E-state index < -0.39 is 6.04 Å².